The topological polar surface area (TPSA) is 67.3 Å². The summed E-state index contributed by atoms with van der Waals surface area (Å²) >= 11 is 0. The molecule has 0 N–H and O–H groups in total. The molecule has 0 bridgehead atoms. The van der Waals surface area contributed by atoms with Crippen molar-refractivity contribution >= 4 is 22.7 Å². The van der Waals surface area contributed by atoms with Crippen molar-refractivity contribution in [2.24, 2.45) is 0 Å². The Morgan fingerprint density at radius 2 is 1.73 bits per heavy atom. The zero-order valence-electron chi connectivity index (χ0n) is 14.5. The molecule has 0 spiro atoms. The highest BCUT2D eigenvalue weighted by Gasteiger charge is 2.25. The number of fused-ring (bicyclic) bond motifs is 2. The Morgan fingerprint density at radius 3 is 2.62 bits per heavy atom. The number of morpholine rings is 1. The molecule has 1 saturated heterocycles. The van der Waals surface area contributed by atoms with Crippen LogP contribution >= 0.6 is 0 Å². The van der Waals surface area contributed by atoms with Crippen LogP contribution < -0.4 is 9.80 Å². The van der Waals surface area contributed by atoms with Gasteiger partial charge in [0.15, 0.2) is 0 Å². The molecule has 4 heterocycles. The summed E-state index contributed by atoms with van der Waals surface area (Å²) in [4.78, 5) is 23.1. The molecule has 2 aromatic heterocycles. The van der Waals surface area contributed by atoms with Crippen LogP contribution in [0.25, 0.3) is 11.0 Å². The highest BCUT2D eigenvalue weighted by Crippen LogP contribution is 2.28. The Morgan fingerprint density at radius 1 is 0.885 bits per heavy atom. The Balaban J connectivity index is 1.48. The molecule has 0 atom stereocenters. The summed E-state index contributed by atoms with van der Waals surface area (Å²) in [6, 6.07) is 7.98. The molecule has 7 heteroatoms. The molecule has 7 nitrogen and oxygen atoms in total. The molecule has 1 aromatic carbocycles. The summed E-state index contributed by atoms with van der Waals surface area (Å²) in [5.74, 6) is 1.95. The van der Waals surface area contributed by atoms with Crippen molar-refractivity contribution in [3.8, 4) is 0 Å². The van der Waals surface area contributed by atoms with Gasteiger partial charge in [0.2, 0.25) is 0 Å². The third kappa shape index (κ3) is 2.74. The van der Waals surface area contributed by atoms with Crippen molar-refractivity contribution in [2.45, 2.75) is 13.0 Å². The van der Waals surface area contributed by atoms with Gasteiger partial charge < -0.3 is 14.5 Å². The second-order valence-electron chi connectivity index (χ2n) is 6.61. The van der Waals surface area contributed by atoms with E-state index in [9.17, 15) is 0 Å². The van der Waals surface area contributed by atoms with Gasteiger partial charge in [0.1, 0.15) is 18.0 Å². The van der Waals surface area contributed by atoms with Crippen LogP contribution in [-0.2, 0) is 17.7 Å². The lowest BCUT2D eigenvalue weighted by molar-refractivity contribution is 0.122. The van der Waals surface area contributed by atoms with Gasteiger partial charge >= 0.3 is 0 Å². The third-order valence-corrected chi connectivity index (χ3v) is 5.05. The van der Waals surface area contributed by atoms with E-state index in [4.69, 9.17) is 9.72 Å². The van der Waals surface area contributed by atoms with E-state index in [1.165, 1.54) is 5.56 Å². The zero-order chi connectivity index (χ0) is 17.3. The molecule has 0 aliphatic carbocycles. The van der Waals surface area contributed by atoms with Crippen LogP contribution in [0.2, 0.25) is 0 Å². The summed E-state index contributed by atoms with van der Waals surface area (Å²) < 4.78 is 5.48. The maximum atomic E-state index is 5.48. The molecule has 3 aromatic rings. The molecular weight excluding hydrogens is 328 g/mol. The van der Waals surface area contributed by atoms with Crippen molar-refractivity contribution in [3.05, 3.63) is 48.0 Å². The number of rotatable bonds is 2. The normalized spacial score (nSPS) is 17.4. The van der Waals surface area contributed by atoms with Gasteiger partial charge in [-0.25, -0.2) is 15.0 Å². The molecule has 2 aliphatic rings. The minimum absolute atomic E-state index is 0.749. The van der Waals surface area contributed by atoms with Crippen LogP contribution in [0.3, 0.4) is 0 Å². The Kier molecular flexibility index (Phi) is 3.86. The molecule has 0 saturated carbocycles. The summed E-state index contributed by atoms with van der Waals surface area (Å²) in [5.41, 5.74) is 4.20. The molecule has 5 rings (SSSR count). The number of aromatic nitrogens is 4. The molecular formula is C19H20N6O. The first-order valence-corrected chi connectivity index (χ1v) is 9.01. The predicted molar refractivity (Wildman–Crippen MR) is 99.4 cm³/mol. The first-order valence-electron chi connectivity index (χ1n) is 9.01. The zero-order valence-corrected chi connectivity index (χ0v) is 14.5. The average Bonchev–Trinajstić information content (AvgIpc) is 2.73. The molecule has 0 unspecified atom stereocenters. The minimum Gasteiger partial charge on any atom is -0.378 e. The molecule has 26 heavy (non-hydrogen) atoms. The molecule has 0 radical (unpaired) electrons. The van der Waals surface area contributed by atoms with Gasteiger partial charge in [-0.1, -0.05) is 12.1 Å². The van der Waals surface area contributed by atoms with E-state index < -0.39 is 0 Å². The van der Waals surface area contributed by atoms with Crippen molar-refractivity contribution < 1.29 is 4.74 Å². The fourth-order valence-corrected chi connectivity index (χ4v) is 3.67. The summed E-state index contributed by atoms with van der Waals surface area (Å²) in [5, 5.41) is 0. The fraction of sp³-hybridized carbons (Fsp3) is 0.368. The monoisotopic (exact) mass is 348 g/mol. The van der Waals surface area contributed by atoms with E-state index in [0.29, 0.717) is 0 Å². The largest absolute Gasteiger partial charge is 0.378 e. The van der Waals surface area contributed by atoms with Crippen molar-refractivity contribution in [1.29, 1.82) is 0 Å². The van der Waals surface area contributed by atoms with E-state index >= 15 is 0 Å². The number of ether oxygens (including phenoxy) is 1. The third-order valence-electron chi connectivity index (χ3n) is 5.05. The standard InChI is InChI=1S/C19H20N6O/c1-2-4-17-16(3-1)20-11-18(23-17)25-6-5-15-14(12-25)19(22-13-21-15)24-7-9-26-10-8-24/h1-4,11,13H,5-10,12H2. The molecule has 0 amide bonds. The Hall–Kier alpha value is -2.80. The summed E-state index contributed by atoms with van der Waals surface area (Å²) in [6.45, 7) is 4.89. The van der Waals surface area contributed by atoms with E-state index in [1.54, 1.807) is 6.33 Å². The summed E-state index contributed by atoms with van der Waals surface area (Å²) in [6.07, 6.45) is 4.45. The fourth-order valence-electron chi connectivity index (χ4n) is 3.67. The van der Waals surface area contributed by atoms with Gasteiger partial charge in [0, 0.05) is 38.2 Å². The molecule has 132 valence electrons. The lowest BCUT2D eigenvalue weighted by atomic mass is 10.1. The van der Waals surface area contributed by atoms with Crippen LogP contribution in [0, 0.1) is 0 Å². The van der Waals surface area contributed by atoms with E-state index in [2.05, 4.69) is 24.8 Å². The number of anilines is 2. The first kappa shape index (κ1) is 15.5. The van der Waals surface area contributed by atoms with Crippen LogP contribution in [0.5, 0.6) is 0 Å². The van der Waals surface area contributed by atoms with E-state index in [0.717, 1.165) is 74.2 Å². The number of benzene rings is 1. The van der Waals surface area contributed by atoms with E-state index in [-0.39, 0.29) is 0 Å². The quantitative estimate of drug-likeness (QED) is 0.700. The van der Waals surface area contributed by atoms with Crippen molar-refractivity contribution in [3.63, 3.8) is 0 Å². The van der Waals surface area contributed by atoms with Crippen LogP contribution in [-0.4, -0.2) is 52.8 Å². The van der Waals surface area contributed by atoms with Gasteiger partial charge in [-0.05, 0) is 12.1 Å². The number of nitrogens with zero attached hydrogens (tertiary/aromatic N) is 6. The van der Waals surface area contributed by atoms with Crippen LogP contribution in [0.15, 0.2) is 36.8 Å². The number of hydrogen-bond donors (Lipinski definition) is 0. The summed E-state index contributed by atoms with van der Waals surface area (Å²) in [7, 11) is 0. The lowest BCUT2D eigenvalue weighted by Crippen LogP contribution is -2.39. The van der Waals surface area contributed by atoms with Gasteiger partial charge in [0.25, 0.3) is 0 Å². The second-order valence-corrected chi connectivity index (χ2v) is 6.61. The highest BCUT2D eigenvalue weighted by atomic mass is 16.5. The van der Waals surface area contributed by atoms with Crippen molar-refractivity contribution in [1.82, 2.24) is 19.9 Å². The first-order chi connectivity index (χ1) is 12.9. The van der Waals surface area contributed by atoms with Gasteiger partial charge in [-0.2, -0.15) is 0 Å². The van der Waals surface area contributed by atoms with Crippen molar-refractivity contribution in [2.75, 3.05) is 42.6 Å². The van der Waals surface area contributed by atoms with Gasteiger partial charge in [-0.3, -0.25) is 4.98 Å². The van der Waals surface area contributed by atoms with Gasteiger partial charge in [0.05, 0.1) is 36.1 Å². The minimum atomic E-state index is 0.749. The van der Waals surface area contributed by atoms with Gasteiger partial charge in [-0.15, -0.1) is 0 Å². The highest BCUT2D eigenvalue weighted by molar-refractivity contribution is 5.75. The maximum Gasteiger partial charge on any atom is 0.148 e. The Bertz CT molecular complexity index is 940. The Labute approximate surface area is 151 Å². The number of para-hydroxylation sites is 2. The second kappa shape index (κ2) is 6.49. The SMILES string of the molecule is c1ccc2nc(N3CCc4ncnc(N5CCOCC5)c4C3)cnc2c1. The lowest BCUT2D eigenvalue weighted by Gasteiger charge is -2.34. The maximum absolute atomic E-state index is 5.48. The molecule has 1 fully saturated rings. The van der Waals surface area contributed by atoms with Crippen LogP contribution in [0.4, 0.5) is 11.6 Å². The predicted octanol–water partition coefficient (Wildman–Crippen LogP) is 1.82. The molecule has 2 aliphatic heterocycles. The van der Waals surface area contributed by atoms with Crippen LogP contribution in [0.1, 0.15) is 11.3 Å². The smallest absolute Gasteiger partial charge is 0.148 e. The average molecular weight is 348 g/mol. The van der Waals surface area contributed by atoms with E-state index in [1.807, 2.05) is 30.5 Å². The number of hydrogen-bond acceptors (Lipinski definition) is 7.